The van der Waals surface area contributed by atoms with Crippen LogP contribution in [0.3, 0.4) is 0 Å². The molecule has 1 fully saturated rings. The highest BCUT2D eigenvalue weighted by Crippen LogP contribution is 2.43. The molecule has 1 saturated carbocycles. The summed E-state index contributed by atoms with van der Waals surface area (Å²) in [7, 11) is 0. The number of rotatable bonds is 5. The van der Waals surface area contributed by atoms with Crippen LogP contribution in [0.4, 0.5) is 13.2 Å². The quantitative estimate of drug-likeness (QED) is 0.777. The van der Waals surface area contributed by atoms with Crippen molar-refractivity contribution in [3.63, 3.8) is 0 Å². The molecule has 1 aliphatic carbocycles. The molecule has 18 heavy (non-hydrogen) atoms. The third-order valence-corrected chi connectivity index (χ3v) is 4.25. The molecule has 4 atom stereocenters. The molecule has 2 N–H and O–H groups in total. The van der Waals surface area contributed by atoms with Gasteiger partial charge >= 0.3 is 6.18 Å². The summed E-state index contributed by atoms with van der Waals surface area (Å²) in [5, 5.41) is 0. The van der Waals surface area contributed by atoms with E-state index in [1.807, 2.05) is 0 Å². The molecule has 1 rings (SSSR count). The van der Waals surface area contributed by atoms with E-state index in [1.165, 1.54) is 0 Å². The Kier molecular flexibility index (Phi) is 5.96. The normalized spacial score (nSPS) is 29.0. The highest BCUT2D eigenvalue weighted by atomic mass is 19.4. The van der Waals surface area contributed by atoms with Crippen molar-refractivity contribution in [1.29, 1.82) is 0 Å². The minimum atomic E-state index is -4.07. The van der Waals surface area contributed by atoms with E-state index in [9.17, 15) is 13.2 Å². The zero-order valence-corrected chi connectivity index (χ0v) is 11.5. The molecule has 0 aliphatic heterocycles. The summed E-state index contributed by atoms with van der Waals surface area (Å²) in [6, 6.07) is -0.293. The summed E-state index contributed by atoms with van der Waals surface area (Å²) in [4.78, 5) is 0. The van der Waals surface area contributed by atoms with Crippen molar-refractivity contribution in [1.82, 2.24) is 0 Å². The topological polar surface area (TPSA) is 26.0 Å². The van der Waals surface area contributed by atoms with Crippen molar-refractivity contribution < 1.29 is 13.2 Å². The van der Waals surface area contributed by atoms with Gasteiger partial charge in [0.25, 0.3) is 0 Å². The van der Waals surface area contributed by atoms with Gasteiger partial charge in [-0.05, 0) is 31.1 Å². The van der Waals surface area contributed by atoms with Gasteiger partial charge in [-0.2, -0.15) is 13.2 Å². The molecule has 0 aromatic carbocycles. The first-order valence-electron chi connectivity index (χ1n) is 7.18. The van der Waals surface area contributed by atoms with E-state index < -0.39 is 12.1 Å². The van der Waals surface area contributed by atoms with Crippen LogP contribution in [0.15, 0.2) is 0 Å². The predicted octanol–water partition coefficient (Wildman–Crippen LogP) is 4.51. The van der Waals surface area contributed by atoms with Crippen LogP contribution in [0.1, 0.15) is 58.8 Å². The average Bonchev–Trinajstić information content (AvgIpc) is 2.28. The Hall–Kier alpha value is -0.250. The minimum absolute atomic E-state index is 0.268. The van der Waals surface area contributed by atoms with Crippen molar-refractivity contribution in [2.45, 2.75) is 71.0 Å². The first kappa shape index (κ1) is 15.8. The van der Waals surface area contributed by atoms with Crippen LogP contribution in [0.5, 0.6) is 0 Å². The summed E-state index contributed by atoms with van der Waals surface area (Å²) in [5.74, 6) is -1.10. The van der Waals surface area contributed by atoms with Gasteiger partial charge in [0, 0.05) is 6.04 Å². The molecule has 0 saturated heterocycles. The standard InChI is InChI=1S/C14H26F3N/c1-3-6-10(2)9-13(18)11-7-4-5-8-12(11)14(15,16)17/h10-13H,3-9,18H2,1-2H3. The van der Waals surface area contributed by atoms with Crippen molar-refractivity contribution in [2.75, 3.05) is 0 Å². The van der Waals surface area contributed by atoms with E-state index in [0.29, 0.717) is 18.8 Å². The van der Waals surface area contributed by atoms with Crippen LogP contribution in [0.25, 0.3) is 0 Å². The molecular formula is C14H26F3N. The molecule has 0 aromatic heterocycles. The van der Waals surface area contributed by atoms with E-state index in [-0.39, 0.29) is 18.4 Å². The smallest absolute Gasteiger partial charge is 0.327 e. The molecule has 0 bridgehead atoms. The number of nitrogens with two attached hydrogens (primary N) is 1. The van der Waals surface area contributed by atoms with Gasteiger partial charge in [-0.1, -0.05) is 39.5 Å². The first-order chi connectivity index (χ1) is 8.36. The molecule has 1 aliphatic rings. The molecule has 0 spiro atoms. The maximum atomic E-state index is 13.0. The van der Waals surface area contributed by atoms with Crippen LogP contribution in [-0.2, 0) is 0 Å². The van der Waals surface area contributed by atoms with Crippen molar-refractivity contribution in [3.8, 4) is 0 Å². The van der Waals surface area contributed by atoms with Gasteiger partial charge in [0.1, 0.15) is 0 Å². The number of hydrogen-bond acceptors (Lipinski definition) is 1. The maximum absolute atomic E-state index is 13.0. The van der Waals surface area contributed by atoms with Gasteiger partial charge in [0.15, 0.2) is 0 Å². The van der Waals surface area contributed by atoms with Gasteiger partial charge in [0.05, 0.1) is 5.92 Å². The van der Waals surface area contributed by atoms with Crippen LogP contribution in [-0.4, -0.2) is 12.2 Å². The van der Waals surface area contributed by atoms with Crippen LogP contribution < -0.4 is 5.73 Å². The maximum Gasteiger partial charge on any atom is 0.392 e. The Morgan fingerprint density at radius 1 is 1.22 bits per heavy atom. The molecule has 4 heteroatoms. The van der Waals surface area contributed by atoms with E-state index in [1.54, 1.807) is 0 Å². The van der Waals surface area contributed by atoms with E-state index >= 15 is 0 Å². The summed E-state index contributed by atoms with van der Waals surface area (Å²) in [5.41, 5.74) is 6.07. The zero-order chi connectivity index (χ0) is 13.8. The first-order valence-corrected chi connectivity index (χ1v) is 7.18. The second kappa shape index (κ2) is 6.78. The molecule has 0 amide bonds. The monoisotopic (exact) mass is 265 g/mol. The number of halogens is 3. The Labute approximate surface area is 108 Å². The minimum Gasteiger partial charge on any atom is -0.327 e. The SMILES string of the molecule is CCCC(C)CC(N)C1CCCCC1C(F)(F)F. The Morgan fingerprint density at radius 3 is 2.39 bits per heavy atom. The zero-order valence-electron chi connectivity index (χ0n) is 11.5. The van der Waals surface area contributed by atoms with Gasteiger partial charge in [-0.25, -0.2) is 0 Å². The van der Waals surface area contributed by atoms with Crippen LogP contribution >= 0.6 is 0 Å². The Balaban J connectivity index is 2.60. The number of alkyl halides is 3. The largest absolute Gasteiger partial charge is 0.392 e. The Bertz CT molecular complexity index is 240. The molecule has 0 heterocycles. The van der Waals surface area contributed by atoms with Gasteiger partial charge in [-0.15, -0.1) is 0 Å². The van der Waals surface area contributed by atoms with Gasteiger partial charge in [-0.3, -0.25) is 0 Å². The summed E-state index contributed by atoms with van der Waals surface area (Å²) >= 11 is 0. The molecule has 1 nitrogen and oxygen atoms in total. The number of hydrogen-bond donors (Lipinski definition) is 1. The van der Waals surface area contributed by atoms with Crippen molar-refractivity contribution in [3.05, 3.63) is 0 Å². The van der Waals surface area contributed by atoms with Crippen LogP contribution in [0.2, 0.25) is 0 Å². The molecule has 0 aromatic rings. The van der Waals surface area contributed by atoms with Crippen molar-refractivity contribution in [2.24, 2.45) is 23.5 Å². The lowest BCUT2D eigenvalue weighted by Gasteiger charge is -2.37. The molecule has 0 radical (unpaired) electrons. The van der Waals surface area contributed by atoms with E-state index in [0.717, 1.165) is 25.7 Å². The summed E-state index contributed by atoms with van der Waals surface area (Å²) < 4.78 is 38.9. The lowest BCUT2D eigenvalue weighted by atomic mass is 9.73. The third-order valence-electron chi connectivity index (χ3n) is 4.25. The average molecular weight is 265 g/mol. The van der Waals surface area contributed by atoms with E-state index in [4.69, 9.17) is 5.73 Å². The predicted molar refractivity (Wildman–Crippen MR) is 68.2 cm³/mol. The molecule has 108 valence electrons. The van der Waals surface area contributed by atoms with Gasteiger partial charge in [0.2, 0.25) is 0 Å². The van der Waals surface area contributed by atoms with Crippen LogP contribution in [0, 0.1) is 17.8 Å². The van der Waals surface area contributed by atoms with Crippen molar-refractivity contribution >= 4 is 0 Å². The fraction of sp³-hybridized carbons (Fsp3) is 1.00. The summed E-state index contributed by atoms with van der Waals surface area (Å²) in [6.45, 7) is 4.19. The lowest BCUT2D eigenvalue weighted by Crippen LogP contribution is -2.43. The lowest BCUT2D eigenvalue weighted by molar-refractivity contribution is -0.198. The second-order valence-electron chi connectivity index (χ2n) is 5.89. The Morgan fingerprint density at radius 2 is 1.83 bits per heavy atom. The molecular weight excluding hydrogens is 239 g/mol. The fourth-order valence-electron chi connectivity index (χ4n) is 3.33. The van der Waals surface area contributed by atoms with E-state index in [2.05, 4.69) is 13.8 Å². The second-order valence-corrected chi connectivity index (χ2v) is 5.89. The third kappa shape index (κ3) is 4.45. The summed E-state index contributed by atoms with van der Waals surface area (Å²) in [6.07, 6.45) is 1.28. The fourth-order valence-corrected chi connectivity index (χ4v) is 3.33. The molecule has 4 unspecified atom stereocenters. The highest BCUT2D eigenvalue weighted by molar-refractivity contribution is 4.87. The highest BCUT2D eigenvalue weighted by Gasteiger charge is 2.47. The van der Waals surface area contributed by atoms with Gasteiger partial charge < -0.3 is 5.73 Å².